The van der Waals surface area contributed by atoms with Gasteiger partial charge in [-0.25, -0.2) is 0 Å². The molecule has 1 aromatic carbocycles. The molecule has 2 aromatic heterocycles. The fourth-order valence-electron chi connectivity index (χ4n) is 3.87. The number of aryl methyl sites for hydroxylation is 1. The van der Waals surface area contributed by atoms with Gasteiger partial charge in [0, 0.05) is 44.8 Å². The predicted octanol–water partition coefficient (Wildman–Crippen LogP) is 4.13. The van der Waals surface area contributed by atoms with Crippen molar-refractivity contribution in [1.29, 1.82) is 0 Å². The number of anilines is 2. The number of benzene rings is 1. The van der Waals surface area contributed by atoms with Gasteiger partial charge in [-0.3, -0.25) is 19.3 Å². The smallest absolute Gasteiger partial charge is 0.273 e. The van der Waals surface area contributed by atoms with Crippen molar-refractivity contribution in [2.45, 2.75) is 12.8 Å². The first-order chi connectivity index (χ1) is 15.9. The maximum Gasteiger partial charge on any atom is 0.273 e. The summed E-state index contributed by atoms with van der Waals surface area (Å²) in [6, 6.07) is 10.8. The standard InChI is InChI=1S/C23H24BrClN6O2/c1-30-21(28-22(32)17-4-2-3-5-18(17)25)19(24)20(29-30)23(33)27-14-15-8-12-31(13-9-15)16-6-10-26-11-7-16/h2-7,10-11,15H,8-9,12-14H2,1H3,(H,27,33)(H,28,32). The number of amides is 2. The summed E-state index contributed by atoms with van der Waals surface area (Å²) in [5, 5.41) is 10.4. The van der Waals surface area contributed by atoms with Crippen LogP contribution in [0.5, 0.6) is 0 Å². The minimum absolute atomic E-state index is 0.223. The first-order valence-corrected chi connectivity index (χ1v) is 11.8. The Morgan fingerprint density at radius 2 is 1.82 bits per heavy atom. The first kappa shape index (κ1) is 23.3. The van der Waals surface area contributed by atoms with Crippen LogP contribution in [0.25, 0.3) is 0 Å². The maximum absolute atomic E-state index is 12.8. The van der Waals surface area contributed by atoms with E-state index < -0.39 is 0 Å². The lowest BCUT2D eigenvalue weighted by atomic mass is 9.96. The van der Waals surface area contributed by atoms with Crippen LogP contribution in [0.2, 0.25) is 5.02 Å². The summed E-state index contributed by atoms with van der Waals surface area (Å²) in [6.07, 6.45) is 5.59. The quantitative estimate of drug-likeness (QED) is 0.499. The van der Waals surface area contributed by atoms with Crippen LogP contribution in [0.4, 0.5) is 11.5 Å². The van der Waals surface area contributed by atoms with Crippen LogP contribution >= 0.6 is 27.5 Å². The average Bonchev–Trinajstić information content (AvgIpc) is 3.12. The van der Waals surface area contributed by atoms with E-state index in [2.05, 4.69) is 41.5 Å². The Bertz CT molecular complexity index is 1150. The molecule has 1 aliphatic heterocycles. The fraction of sp³-hybridized carbons (Fsp3) is 0.304. The Labute approximate surface area is 205 Å². The van der Waals surface area contributed by atoms with E-state index in [1.807, 2.05) is 12.1 Å². The lowest BCUT2D eigenvalue weighted by Crippen LogP contribution is -2.38. The number of aromatic nitrogens is 3. The van der Waals surface area contributed by atoms with Crippen molar-refractivity contribution in [3.63, 3.8) is 0 Å². The van der Waals surface area contributed by atoms with Crippen molar-refractivity contribution in [1.82, 2.24) is 20.1 Å². The van der Waals surface area contributed by atoms with Gasteiger partial charge in [-0.05, 0) is 59.0 Å². The molecule has 2 amide bonds. The lowest BCUT2D eigenvalue weighted by Gasteiger charge is -2.33. The van der Waals surface area contributed by atoms with E-state index in [1.165, 1.54) is 10.4 Å². The van der Waals surface area contributed by atoms with Crippen molar-refractivity contribution in [3.05, 3.63) is 69.5 Å². The molecular weight excluding hydrogens is 508 g/mol. The zero-order valence-electron chi connectivity index (χ0n) is 18.1. The van der Waals surface area contributed by atoms with Crippen molar-refractivity contribution >= 4 is 50.9 Å². The van der Waals surface area contributed by atoms with Crippen LogP contribution < -0.4 is 15.5 Å². The fourth-order valence-corrected chi connectivity index (χ4v) is 4.71. The van der Waals surface area contributed by atoms with E-state index in [1.54, 1.807) is 43.7 Å². The van der Waals surface area contributed by atoms with Gasteiger partial charge in [0.15, 0.2) is 5.69 Å². The second-order valence-electron chi connectivity index (χ2n) is 7.91. The highest BCUT2D eigenvalue weighted by Gasteiger charge is 2.24. The summed E-state index contributed by atoms with van der Waals surface area (Å²) in [5.41, 5.74) is 1.74. The number of hydrogen-bond acceptors (Lipinski definition) is 5. The van der Waals surface area contributed by atoms with Gasteiger partial charge in [0.1, 0.15) is 5.82 Å². The summed E-state index contributed by atoms with van der Waals surface area (Å²) in [6.45, 7) is 2.46. The Balaban J connectivity index is 1.34. The van der Waals surface area contributed by atoms with Crippen LogP contribution in [0.15, 0.2) is 53.3 Å². The molecule has 3 heterocycles. The van der Waals surface area contributed by atoms with Crippen LogP contribution in [-0.4, -0.2) is 46.2 Å². The molecule has 33 heavy (non-hydrogen) atoms. The van der Waals surface area contributed by atoms with Crippen molar-refractivity contribution in [3.8, 4) is 0 Å². The minimum atomic E-state index is -0.378. The zero-order chi connectivity index (χ0) is 23.4. The third-order valence-electron chi connectivity index (χ3n) is 5.75. The van der Waals surface area contributed by atoms with E-state index in [9.17, 15) is 9.59 Å². The minimum Gasteiger partial charge on any atom is -0.371 e. The van der Waals surface area contributed by atoms with Crippen LogP contribution in [-0.2, 0) is 7.05 Å². The molecule has 4 rings (SSSR count). The van der Waals surface area contributed by atoms with Gasteiger partial charge in [0.25, 0.3) is 11.8 Å². The SMILES string of the molecule is Cn1nc(C(=O)NCC2CCN(c3ccncc3)CC2)c(Br)c1NC(=O)c1ccccc1Cl. The number of nitrogens with zero attached hydrogens (tertiary/aromatic N) is 4. The second kappa shape index (κ2) is 10.4. The Hall–Kier alpha value is -2.91. The highest BCUT2D eigenvalue weighted by Crippen LogP contribution is 2.28. The largest absolute Gasteiger partial charge is 0.371 e. The van der Waals surface area contributed by atoms with E-state index in [0.29, 0.717) is 33.3 Å². The van der Waals surface area contributed by atoms with Crippen LogP contribution in [0.3, 0.4) is 0 Å². The van der Waals surface area contributed by atoms with Crippen LogP contribution in [0.1, 0.15) is 33.7 Å². The number of carbonyl (C=O) groups is 2. The topological polar surface area (TPSA) is 92.2 Å². The van der Waals surface area contributed by atoms with Crippen molar-refractivity contribution < 1.29 is 9.59 Å². The Morgan fingerprint density at radius 1 is 1.12 bits per heavy atom. The number of rotatable bonds is 6. The molecule has 3 aromatic rings. The molecule has 1 saturated heterocycles. The van der Waals surface area contributed by atoms with Gasteiger partial charge < -0.3 is 15.5 Å². The number of hydrogen-bond donors (Lipinski definition) is 2. The number of nitrogens with one attached hydrogen (secondary N) is 2. The number of halogens is 2. The zero-order valence-corrected chi connectivity index (χ0v) is 20.4. The molecule has 1 fully saturated rings. The molecule has 10 heteroatoms. The van der Waals surface area contributed by atoms with Gasteiger partial charge in [-0.1, -0.05) is 23.7 Å². The summed E-state index contributed by atoms with van der Waals surface area (Å²) in [4.78, 5) is 31.8. The lowest BCUT2D eigenvalue weighted by molar-refractivity contribution is 0.0937. The van der Waals surface area contributed by atoms with E-state index in [-0.39, 0.29) is 17.5 Å². The molecule has 1 aliphatic rings. The first-order valence-electron chi connectivity index (χ1n) is 10.7. The monoisotopic (exact) mass is 530 g/mol. The highest BCUT2D eigenvalue weighted by molar-refractivity contribution is 9.10. The molecule has 0 aliphatic carbocycles. The third-order valence-corrected chi connectivity index (χ3v) is 6.83. The van der Waals surface area contributed by atoms with Gasteiger partial charge >= 0.3 is 0 Å². The van der Waals surface area contributed by atoms with Crippen molar-refractivity contribution in [2.75, 3.05) is 29.9 Å². The molecule has 2 N–H and O–H groups in total. The van der Waals surface area contributed by atoms with Gasteiger partial charge in [-0.2, -0.15) is 5.10 Å². The maximum atomic E-state index is 12.8. The van der Waals surface area contributed by atoms with Crippen LogP contribution in [0, 0.1) is 5.92 Å². The average molecular weight is 532 g/mol. The summed E-state index contributed by atoms with van der Waals surface area (Å²) < 4.78 is 1.89. The molecule has 0 radical (unpaired) electrons. The third kappa shape index (κ3) is 5.36. The molecule has 172 valence electrons. The summed E-state index contributed by atoms with van der Waals surface area (Å²) in [7, 11) is 1.67. The predicted molar refractivity (Wildman–Crippen MR) is 132 cm³/mol. The molecule has 0 spiro atoms. The highest BCUT2D eigenvalue weighted by atomic mass is 79.9. The summed E-state index contributed by atoms with van der Waals surface area (Å²) >= 11 is 9.53. The van der Waals surface area contributed by atoms with E-state index in [4.69, 9.17) is 11.6 Å². The number of pyridine rings is 1. The molecule has 0 bridgehead atoms. The van der Waals surface area contributed by atoms with Gasteiger partial charge in [-0.15, -0.1) is 0 Å². The summed E-state index contributed by atoms with van der Waals surface area (Å²) in [5.74, 6) is 0.120. The van der Waals surface area contributed by atoms with E-state index in [0.717, 1.165) is 25.9 Å². The number of carbonyl (C=O) groups excluding carboxylic acids is 2. The molecule has 0 saturated carbocycles. The normalized spacial score (nSPS) is 14.2. The van der Waals surface area contributed by atoms with Gasteiger partial charge in [0.05, 0.1) is 15.1 Å². The van der Waals surface area contributed by atoms with Gasteiger partial charge in [0.2, 0.25) is 0 Å². The number of piperidine rings is 1. The molecule has 0 atom stereocenters. The van der Waals surface area contributed by atoms with Crippen molar-refractivity contribution in [2.24, 2.45) is 13.0 Å². The molecule has 0 unspecified atom stereocenters. The second-order valence-corrected chi connectivity index (χ2v) is 9.11. The Morgan fingerprint density at radius 3 is 2.52 bits per heavy atom. The van der Waals surface area contributed by atoms with E-state index >= 15 is 0 Å². The Kier molecular flexibility index (Phi) is 7.29. The molecular formula is C23H24BrClN6O2. The molecule has 8 nitrogen and oxygen atoms in total.